The SMILES string of the molecule is CN(Cc1cccc(Cl)c1Cl)c1ccc(N)cc1C(=O)O. The number of hydrogen-bond acceptors (Lipinski definition) is 3. The number of rotatable bonds is 4. The summed E-state index contributed by atoms with van der Waals surface area (Å²) in [5, 5.41) is 10.2. The van der Waals surface area contributed by atoms with Gasteiger partial charge in [-0.3, -0.25) is 0 Å². The van der Waals surface area contributed by atoms with Crippen molar-refractivity contribution in [3.05, 3.63) is 57.6 Å². The molecule has 110 valence electrons. The van der Waals surface area contributed by atoms with E-state index in [1.807, 2.05) is 6.07 Å². The Labute approximate surface area is 132 Å². The smallest absolute Gasteiger partial charge is 0.337 e. The third kappa shape index (κ3) is 3.40. The average Bonchev–Trinajstić information content (AvgIpc) is 2.43. The lowest BCUT2D eigenvalue weighted by atomic mass is 10.1. The standard InChI is InChI=1S/C15H14Cl2N2O2/c1-19(8-9-3-2-4-12(16)14(9)17)13-6-5-10(18)7-11(13)15(20)21/h2-7H,8,18H2,1H3,(H,20,21). The van der Waals surface area contributed by atoms with Crippen molar-refractivity contribution in [3.63, 3.8) is 0 Å². The zero-order valence-corrected chi connectivity index (χ0v) is 12.8. The Bertz CT molecular complexity index is 689. The van der Waals surface area contributed by atoms with Crippen LogP contribution >= 0.6 is 23.2 Å². The number of nitrogens with two attached hydrogens (primary N) is 1. The summed E-state index contributed by atoms with van der Waals surface area (Å²) in [5.41, 5.74) is 7.58. The van der Waals surface area contributed by atoms with Gasteiger partial charge in [-0.2, -0.15) is 0 Å². The summed E-state index contributed by atoms with van der Waals surface area (Å²) in [5.74, 6) is -1.03. The molecule has 0 saturated carbocycles. The van der Waals surface area contributed by atoms with Crippen LogP contribution in [0.1, 0.15) is 15.9 Å². The van der Waals surface area contributed by atoms with Gasteiger partial charge in [-0.1, -0.05) is 35.3 Å². The molecular formula is C15H14Cl2N2O2. The molecule has 2 aromatic rings. The number of carbonyl (C=O) groups is 1. The molecule has 21 heavy (non-hydrogen) atoms. The Morgan fingerprint density at radius 2 is 2.00 bits per heavy atom. The van der Waals surface area contributed by atoms with Gasteiger partial charge in [0.25, 0.3) is 0 Å². The van der Waals surface area contributed by atoms with Gasteiger partial charge in [-0.25, -0.2) is 4.79 Å². The fourth-order valence-corrected chi connectivity index (χ4v) is 2.45. The van der Waals surface area contributed by atoms with Crippen LogP contribution in [0.5, 0.6) is 0 Å². The number of halogens is 2. The van der Waals surface area contributed by atoms with E-state index in [9.17, 15) is 9.90 Å². The van der Waals surface area contributed by atoms with Crippen LogP contribution in [0.15, 0.2) is 36.4 Å². The van der Waals surface area contributed by atoms with Crippen LogP contribution in [-0.2, 0) is 6.54 Å². The molecule has 0 aliphatic heterocycles. The minimum atomic E-state index is -1.03. The van der Waals surface area contributed by atoms with Gasteiger partial charge in [0.1, 0.15) is 0 Å². The second-order valence-corrected chi connectivity index (χ2v) is 5.44. The number of nitrogen functional groups attached to an aromatic ring is 1. The van der Waals surface area contributed by atoms with E-state index in [1.54, 1.807) is 36.2 Å². The van der Waals surface area contributed by atoms with E-state index >= 15 is 0 Å². The van der Waals surface area contributed by atoms with Crippen molar-refractivity contribution in [1.82, 2.24) is 0 Å². The molecule has 0 fully saturated rings. The van der Waals surface area contributed by atoms with E-state index in [0.29, 0.717) is 28.0 Å². The van der Waals surface area contributed by atoms with E-state index in [0.717, 1.165) is 5.56 Å². The van der Waals surface area contributed by atoms with Crippen LogP contribution in [0, 0.1) is 0 Å². The molecule has 0 aliphatic rings. The number of benzene rings is 2. The minimum absolute atomic E-state index is 0.149. The van der Waals surface area contributed by atoms with Crippen molar-refractivity contribution in [1.29, 1.82) is 0 Å². The summed E-state index contributed by atoms with van der Waals surface area (Å²) in [4.78, 5) is 13.1. The van der Waals surface area contributed by atoms with Crippen molar-refractivity contribution in [2.75, 3.05) is 17.7 Å². The van der Waals surface area contributed by atoms with Gasteiger partial charge in [0.05, 0.1) is 21.3 Å². The first-order valence-electron chi connectivity index (χ1n) is 6.17. The summed E-state index contributed by atoms with van der Waals surface area (Å²) in [7, 11) is 1.79. The van der Waals surface area contributed by atoms with Gasteiger partial charge in [0, 0.05) is 19.3 Å². The quantitative estimate of drug-likeness (QED) is 0.837. The molecule has 0 atom stereocenters. The summed E-state index contributed by atoms with van der Waals surface area (Å²) in [6.07, 6.45) is 0. The van der Waals surface area contributed by atoms with Crippen LogP contribution in [-0.4, -0.2) is 18.1 Å². The number of nitrogens with zero attached hydrogens (tertiary/aromatic N) is 1. The van der Waals surface area contributed by atoms with E-state index in [2.05, 4.69) is 0 Å². The lowest BCUT2D eigenvalue weighted by Crippen LogP contribution is -2.19. The molecule has 6 heteroatoms. The minimum Gasteiger partial charge on any atom is -0.478 e. The molecular weight excluding hydrogens is 311 g/mol. The van der Waals surface area contributed by atoms with Crippen molar-refractivity contribution < 1.29 is 9.90 Å². The maximum atomic E-state index is 11.3. The highest BCUT2D eigenvalue weighted by atomic mass is 35.5. The highest BCUT2D eigenvalue weighted by molar-refractivity contribution is 6.42. The molecule has 0 amide bonds. The molecule has 4 nitrogen and oxygen atoms in total. The number of carboxylic acid groups (broad SMARTS) is 1. The second-order valence-electron chi connectivity index (χ2n) is 4.65. The molecule has 3 N–H and O–H groups in total. The second kappa shape index (κ2) is 6.24. The van der Waals surface area contributed by atoms with Gasteiger partial charge >= 0.3 is 5.97 Å². The molecule has 0 aliphatic carbocycles. The fraction of sp³-hybridized carbons (Fsp3) is 0.133. The Morgan fingerprint density at radius 3 is 2.67 bits per heavy atom. The molecule has 0 spiro atoms. The van der Waals surface area contributed by atoms with Gasteiger partial charge in [-0.05, 0) is 29.8 Å². The van der Waals surface area contributed by atoms with Crippen molar-refractivity contribution in [3.8, 4) is 0 Å². The van der Waals surface area contributed by atoms with Crippen LogP contribution < -0.4 is 10.6 Å². The van der Waals surface area contributed by atoms with Gasteiger partial charge < -0.3 is 15.7 Å². The summed E-state index contributed by atoms with van der Waals surface area (Å²) in [6.45, 7) is 0.434. The number of aromatic carboxylic acids is 1. The summed E-state index contributed by atoms with van der Waals surface area (Å²) >= 11 is 12.1. The third-order valence-corrected chi connectivity index (χ3v) is 3.96. The Kier molecular flexibility index (Phi) is 4.60. The number of anilines is 2. The van der Waals surface area contributed by atoms with Crippen molar-refractivity contribution in [2.24, 2.45) is 0 Å². The molecule has 0 saturated heterocycles. The Hall–Kier alpha value is -1.91. The highest BCUT2D eigenvalue weighted by Crippen LogP contribution is 2.29. The number of carboxylic acids is 1. The molecule has 0 heterocycles. The van der Waals surface area contributed by atoms with Crippen LogP contribution in [0.4, 0.5) is 11.4 Å². The van der Waals surface area contributed by atoms with E-state index in [4.69, 9.17) is 28.9 Å². The van der Waals surface area contributed by atoms with E-state index in [-0.39, 0.29) is 5.56 Å². The predicted octanol–water partition coefficient (Wildman–Crippen LogP) is 3.91. The lowest BCUT2D eigenvalue weighted by molar-refractivity contribution is 0.0697. The van der Waals surface area contributed by atoms with Gasteiger partial charge in [-0.15, -0.1) is 0 Å². The monoisotopic (exact) mass is 324 g/mol. The summed E-state index contributed by atoms with van der Waals surface area (Å²) < 4.78 is 0. The van der Waals surface area contributed by atoms with Crippen LogP contribution in [0.25, 0.3) is 0 Å². The first-order valence-corrected chi connectivity index (χ1v) is 6.92. The largest absolute Gasteiger partial charge is 0.478 e. The Morgan fingerprint density at radius 1 is 1.29 bits per heavy atom. The van der Waals surface area contributed by atoms with Crippen LogP contribution in [0.3, 0.4) is 0 Å². The van der Waals surface area contributed by atoms with Gasteiger partial charge in [0.2, 0.25) is 0 Å². The van der Waals surface area contributed by atoms with Crippen LogP contribution in [0.2, 0.25) is 10.0 Å². The molecule has 2 aromatic carbocycles. The topological polar surface area (TPSA) is 66.6 Å². The molecule has 0 unspecified atom stereocenters. The highest BCUT2D eigenvalue weighted by Gasteiger charge is 2.15. The zero-order valence-electron chi connectivity index (χ0n) is 11.3. The molecule has 0 aromatic heterocycles. The maximum Gasteiger partial charge on any atom is 0.337 e. The summed E-state index contributed by atoms with van der Waals surface area (Å²) in [6, 6.07) is 10.1. The Balaban J connectivity index is 2.34. The molecule has 0 radical (unpaired) electrons. The average molecular weight is 325 g/mol. The van der Waals surface area contributed by atoms with E-state index < -0.39 is 5.97 Å². The molecule has 2 rings (SSSR count). The maximum absolute atomic E-state index is 11.3. The predicted molar refractivity (Wildman–Crippen MR) is 86.4 cm³/mol. The van der Waals surface area contributed by atoms with Gasteiger partial charge in [0.15, 0.2) is 0 Å². The van der Waals surface area contributed by atoms with Crippen molar-refractivity contribution >= 4 is 40.5 Å². The molecule has 0 bridgehead atoms. The first kappa shape index (κ1) is 15.5. The van der Waals surface area contributed by atoms with Crippen molar-refractivity contribution in [2.45, 2.75) is 6.54 Å². The zero-order chi connectivity index (χ0) is 15.6. The normalized spacial score (nSPS) is 10.4. The third-order valence-electron chi connectivity index (χ3n) is 3.10. The van der Waals surface area contributed by atoms with E-state index in [1.165, 1.54) is 6.07 Å². The first-order chi connectivity index (χ1) is 9.90. The fourth-order valence-electron chi connectivity index (χ4n) is 2.07. The lowest BCUT2D eigenvalue weighted by Gasteiger charge is -2.22. The number of hydrogen-bond donors (Lipinski definition) is 2.